The second kappa shape index (κ2) is 20.3. The first-order valence-electron chi connectivity index (χ1n) is 16.1. The molecule has 36 heavy (non-hydrogen) atoms. The zero-order valence-corrected chi connectivity index (χ0v) is 24.1. The van der Waals surface area contributed by atoms with Crippen LogP contribution < -0.4 is 11.5 Å². The van der Waals surface area contributed by atoms with Crippen LogP contribution in [-0.2, 0) is 4.79 Å². The summed E-state index contributed by atoms with van der Waals surface area (Å²) >= 11 is 0. The van der Waals surface area contributed by atoms with Crippen molar-refractivity contribution in [2.75, 3.05) is 39.3 Å². The molecule has 2 heterocycles. The van der Waals surface area contributed by atoms with Crippen LogP contribution in [0.15, 0.2) is 0 Å². The van der Waals surface area contributed by atoms with Crippen LogP contribution in [0.3, 0.4) is 0 Å². The topological polar surface area (TPSA) is 75.6 Å². The number of nitrogens with zero attached hydrogens (tertiary/aromatic N) is 2. The van der Waals surface area contributed by atoms with Crippen LogP contribution in [-0.4, -0.2) is 61.0 Å². The van der Waals surface area contributed by atoms with Gasteiger partial charge < -0.3 is 21.3 Å². The molecule has 2 aliphatic heterocycles. The molecule has 0 spiro atoms. The molecule has 2 rings (SSSR count). The molecule has 2 aliphatic rings. The third kappa shape index (κ3) is 13.2. The highest BCUT2D eigenvalue weighted by atomic mass is 16.2. The Labute approximate surface area is 224 Å². The van der Waals surface area contributed by atoms with Gasteiger partial charge in [-0.05, 0) is 83.0 Å². The Bertz CT molecular complexity index is 527. The van der Waals surface area contributed by atoms with Gasteiger partial charge in [-0.3, -0.25) is 4.79 Å². The molecule has 0 aromatic heterocycles. The number of nitrogens with two attached hydrogens (primary N) is 2. The average Bonchev–Trinajstić information content (AvgIpc) is 2.91. The SMILES string of the molecule is CCCCCCCCCCCCCCCN1CCC(C2CCN(C(=O)[C@@H](N)CCCCN)CC2)CC1. The first-order chi connectivity index (χ1) is 17.7. The van der Waals surface area contributed by atoms with Crippen LogP contribution in [0.2, 0.25) is 0 Å². The number of piperidine rings is 2. The largest absolute Gasteiger partial charge is 0.341 e. The first-order valence-corrected chi connectivity index (χ1v) is 16.1. The van der Waals surface area contributed by atoms with Gasteiger partial charge in [-0.1, -0.05) is 90.4 Å². The van der Waals surface area contributed by atoms with Gasteiger partial charge in [0.1, 0.15) is 0 Å². The molecule has 0 saturated carbocycles. The normalized spacial score (nSPS) is 19.1. The second-order valence-electron chi connectivity index (χ2n) is 12.0. The third-order valence-corrected chi connectivity index (χ3v) is 9.01. The average molecular weight is 507 g/mol. The number of hydrogen-bond donors (Lipinski definition) is 2. The maximum absolute atomic E-state index is 12.6. The molecule has 5 heteroatoms. The lowest BCUT2D eigenvalue weighted by molar-refractivity contribution is -0.134. The molecule has 212 valence electrons. The summed E-state index contributed by atoms with van der Waals surface area (Å²) in [6, 6.07) is -0.332. The molecule has 0 aliphatic carbocycles. The molecule has 2 saturated heterocycles. The van der Waals surface area contributed by atoms with Crippen molar-refractivity contribution in [2.45, 2.75) is 141 Å². The summed E-state index contributed by atoms with van der Waals surface area (Å²) in [5.41, 5.74) is 11.7. The van der Waals surface area contributed by atoms with Gasteiger partial charge in [0.05, 0.1) is 6.04 Å². The predicted molar refractivity (Wildman–Crippen MR) is 155 cm³/mol. The second-order valence-corrected chi connectivity index (χ2v) is 12.0. The smallest absolute Gasteiger partial charge is 0.239 e. The Balaban J connectivity index is 1.43. The maximum Gasteiger partial charge on any atom is 0.239 e. The summed E-state index contributed by atoms with van der Waals surface area (Å²) in [7, 11) is 0. The Morgan fingerprint density at radius 2 is 1.17 bits per heavy atom. The van der Waals surface area contributed by atoms with E-state index in [2.05, 4.69) is 11.8 Å². The Kier molecular flexibility index (Phi) is 17.8. The molecule has 4 N–H and O–H groups in total. The van der Waals surface area contributed by atoms with Gasteiger partial charge in [0.2, 0.25) is 5.91 Å². The van der Waals surface area contributed by atoms with Gasteiger partial charge in [0.25, 0.3) is 0 Å². The van der Waals surface area contributed by atoms with Crippen LogP contribution in [0.25, 0.3) is 0 Å². The minimum Gasteiger partial charge on any atom is -0.341 e. The highest BCUT2D eigenvalue weighted by molar-refractivity contribution is 5.81. The lowest BCUT2D eigenvalue weighted by Gasteiger charge is -2.40. The van der Waals surface area contributed by atoms with Gasteiger partial charge >= 0.3 is 0 Å². The standard InChI is InChI=1S/C31H62N4O/c1-2-3-4-5-6-7-8-9-10-11-12-13-16-23-34-24-18-28(19-25-34)29-20-26-35(27-21-29)31(36)30(33)17-14-15-22-32/h28-30H,2-27,32-33H2,1H3/t30-/m0/s1. The number of amides is 1. The van der Waals surface area contributed by atoms with E-state index in [1.807, 2.05) is 4.90 Å². The van der Waals surface area contributed by atoms with E-state index in [-0.39, 0.29) is 11.9 Å². The number of carbonyl (C=O) groups excluding carboxylic acids is 1. The number of hydrogen-bond acceptors (Lipinski definition) is 4. The molecular formula is C31H62N4O. The summed E-state index contributed by atoms with van der Waals surface area (Å²) < 4.78 is 0. The first kappa shape index (κ1) is 31.6. The molecule has 0 bridgehead atoms. The molecule has 1 atom stereocenters. The van der Waals surface area contributed by atoms with Gasteiger partial charge in [0.15, 0.2) is 0 Å². The summed E-state index contributed by atoms with van der Waals surface area (Å²) in [4.78, 5) is 17.4. The number of unbranched alkanes of at least 4 members (excludes halogenated alkanes) is 13. The van der Waals surface area contributed by atoms with Gasteiger partial charge in [0, 0.05) is 13.1 Å². The van der Waals surface area contributed by atoms with Crippen LogP contribution in [0, 0.1) is 11.8 Å². The van der Waals surface area contributed by atoms with Crippen molar-refractivity contribution >= 4 is 5.91 Å². The lowest BCUT2D eigenvalue weighted by Crippen LogP contribution is -2.48. The lowest BCUT2D eigenvalue weighted by atomic mass is 9.78. The van der Waals surface area contributed by atoms with E-state index < -0.39 is 0 Å². The Morgan fingerprint density at radius 3 is 1.67 bits per heavy atom. The quantitative estimate of drug-likeness (QED) is 0.185. The monoisotopic (exact) mass is 506 g/mol. The fraction of sp³-hybridized carbons (Fsp3) is 0.968. The zero-order valence-electron chi connectivity index (χ0n) is 24.1. The highest BCUT2D eigenvalue weighted by Gasteiger charge is 2.31. The van der Waals surface area contributed by atoms with Crippen molar-refractivity contribution in [2.24, 2.45) is 23.3 Å². The van der Waals surface area contributed by atoms with E-state index in [9.17, 15) is 4.79 Å². The maximum atomic E-state index is 12.6. The van der Waals surface area contributed by atoms with Crippen molar-refractivity contribution in [1.82, 2.24) is 9.80 Å². The molecule has 0 radical (unpaired) electrons. The van der Waals surface area contributed by atoms with E-state index in [0.717, 1.165) is 44.2 Å². The third-order valence-electron chi connectivity index (χ3n) is 9.01. The molecule has 5 nitrogen and oxygen atoms in total. The van der Waals surface area contributed by atoms with E-state index in [1.165, 1.54) is 129 Å². The van der Waals surface area contributed by atoms with E-state index in [1.54, 1.807) is 0 Å². The minimum absolute atomic E-state index is 0.165. The molecule has 2 fully saturated rings. The molecular weight excluding hydrogens is 444 g/mol. The van der Waals surface area contributed by atoms with Gasteiger partial charge in [-0.2, -0.15) is 0 Å². The number of likely N-dealkylation sites (tertiary alicyclic amines) is 2. The molecule has 0 unspecified atom stereocenters. The number of carbonyl (C=O) groups is 1. The minimum atomic E-state index is -0.332. The van der Waals surface area contributed by atoms with E-state index >= 15 is 0 Å². The van der Waals surface area contributed by atoms with Crippen molar-refractivity contribution in [1.29, 1.82) is 0 Å². The zero-order chi connectivity index (χ0) is 25.8. The van der Waals surface area contributed by atoms with Gasteiger partial charge in [-0.15, -0.1) is 0 Å². The predicted octanol–water partition coefficient (Wildman–Crippen LogP) is 6.48. The summed E-state index contributed by atoms with van der Waals surface area (Å²) in [5, 5.41) is 0. The van der Waals surface area contributed by atoms with Crippen LogP contribution in [0.4, 0.5) is 0 Å². The van der Waals surface area contributed by atoms with Crippen molar-refractivity contribution < 1.29 is 4.79 Å². The van der Waals surface area contributed by atoms with E-state index in [0.29, 0.717) is 6.54 Å². The summed E-state index contributed by atoms with van der Waals surface area (Å²) in [6.45, 7) is 8.68. The van der Waals surface area contributed by atoms with Gasteiger partial charge in [-0.25, -0.2) is 0 Å². The highest BCUT2D eigenvalue weighted by Crippen LogP contribution is 2.32. The summed E-state index contributed by atoms with van der Waals surface area (Å²) in [5.74, 6) is 1.84. The Hall–Kier alpha value is -0.650. The number of rotatable bonds is 20. The van der Waals surface area contributed by atoms with E-state index in [4.69, 9.17) is 11.5 Å². The Morgan fingerprint density at radius 1 is 0.694 bits per heavy atom. The van der Waals surface area contributed by atoms with Crippen molar-refractivity contribution in [3.8, 4) is 0 Å². The van der Waals surface area contributed by atoms with Crippen molar-refractivity contribution in [3.05, 3.63) is 0 Å². The van der Waals surface area contributed by atoms with Crippen LogP contribution in [0.5, 0.6) is 0 Å². The van der Waals surface area contributed by atoms with Crippen LogP contribution in [0.1, 0.15) is 135 Å². The molecule has 0 aromatic carbocycles. The van der Waals surface area contributed by atoms with Crippen LogP contribution >= 0.6 is 0 Å². The fourth-order valence-electron chi connectivity index (χ4n) is 6.46. The fourth-order valence-corrected chi connectivity index (χ4v) is 6.46. The van der Waals surface area contributed by atoms with Crippen molar-refractivity contribution in [3.63, 3.8) is 0 Å². The molecule has 0 aromatic rings. The molecule has 1 amide bonds. The summed E-state index contributed by atoms with van der Waals surface area (Å²) in [6.07, 6.45) is 26.4.